The first-order chi connectivity index (χ1) is 16.3. The zero-order chi connectivity index (χ0) is 23.0. The van der Waals surface area contributed by atoms with Crippen molar-refractivity contribution in [3.63, 3.8) is 0 Å². The molecule has 4 nitrogen and oxygen atoms in total. The van der Waals surface area contributed by atoms with E-state index in [1.54, 1.807) is 12.4 Å². The minimum atomic E-state index is 0.717. The van der Waals surface area contributed by atoms with Crippen LogP contribution >= 0.6 is 0 Å². The molecule has 1 heterocycles. The van der Waals surface area contributed by atoms with Gasteiger partial charge < -0.3 is 9.47 Å². The average molecular weight is 453 g/mol. The van der Waals surface area contributed by atoms with Gasteiger partial charge in [0.25, 0.3) is 0 Å². The summed E-state index contributed by atoms with van der Waals surface area (Å²) < 4.78 is 11.7. The summed E-state index contributed by atoms with van der Waals surface area (Å²) in [6.07, 6.45) is 23.6. The lowest BCUT2D eigenvalue weighted by molar-refractivity contribution is 0.302. The Morgan fingerprint density at radius 2 is 1.21 bits per heavy atom. The summed E-state index contributed by atoms with van der Waals surface area (Å²) in [5, 5.41) is 0. The molecule has 0 spiro atoms. The molecule has 1 aromatic heterocycles. The molecule has 4 heteroatoms. The molecule has 33 heavy (non-hydrogen) atoms. The van der Waals surface area contributed by atoms with Gasteiger partial charge in [-0.3, -0.25) is 0 Å². The molecule has 0 saturated heterocycles. The Balaban J connectivity index is 1.24. The molecule has 0 N–H and O–H groups in total. The van der Waals surface area contributed by atoms with Crippen molar-refractivity contribution >= 4 is 0 Å². The lowest BCUT2D eigenvalue weighted by Crippen LogP contribution is -1.99. The highest BCUT2D eigenvalue weighted by Gasteiger charge is 2.19. The molecule has 0 unspecified atom stereocenters. The molecule has 2 aromatic rings. The number of rotatable bonds is 19. The van der Waals surface area contributed by atoms with Gasteiger partial charge in [-0.05, 0) is 43.0 Å². The maximum atomic E-state index is 5.91. The van der Waals surface area contributed by atoms with E-state index in [1.165, 1.54) is 83.5 Å². The number of hydrogen-bond acceptors (Lipinski definition) is 4. The SMILES string of the molecule is CCCCCCCOc1cnc(-c2ccc(OCCCCCCCCCC3CC3)cc2)nc1. The summed E-state index contributed by atoms with van der Waals surface area (Å²) in [7, 11) is 0. The van der Waals surface area contributed by atoms with Gasteiger partial charge >= 0.3 is 0 Å². The lowest BCUT2D eigenvalue weighted by atomic mass is 10.1. The first-order valence-corrected chi connectivity index (χ1v) is 13.5. The topological polar surface area (TPSA) is 44.2 Å². The molecule has 0 aliphatic heterocycles. The van der Waals surface area contributed by atoms with Gasteiger partial charge in [0.2, 0.25) is 0 Å². The van der Waals surface area contributed by atoms with Crippen LogP contribution in [0, 0.1) is 5.92 Å². The molecule has 1 aliphatic rings. The van der Waals surface area contributed by atoms with Gasteiger partial charge in [0, 0.05) is 5.56 Å². The predicted molar refractivity (Wildman–Crippen MR) is 137 cm³/mol. The second-order valence-corrected chi connectivity index (χ2v) is 9.58. The van der Waals surface area contributed by atoms with E-state index >= 15 is 0 Å². The molecular weight excluding hydrogens is 408 g/mol. The van der Waals surface area contributed by atoms with Crippen LogP contribution in [-0.2, 0) is 0 Å². The third-order valence-electron chi connectivity index (χ3n) is 6.48. The highest BCUT2D eigenvalue weighted by Crippen LogP contribution is 2.34. The predicted octanol–water partition coefficient (Wildman–Crippen LogP) is 8.40. The number of aromatic nitrogens is 2. The van der Waals surface area contributed by atoms with E-state index in [2.05, 4.69) is 16.9 Å². The van der Waals surface area contributed by atoms with Crippen LogP contribution < -0.4 is 9.47 Å². The van der Waals surface area contributed by atoms with Gasteiger partial charge in [0.05, 0.1) is 25.6 Å². The standard InChI is InChI=1S/C29H44N2O2/c1-2-3-4-9-12-22-33-28-23-30-29(31-24-28)26-17-19-27(20-18-26)32-21-13-10-7-5-6-8-11-14-25-15-16-25/h17-20,23-25H,2-16,21-22H2,1H3. The highest BCUT2D eigenvalue weighted by atomic mass is 16.5. The van der Waals surface area contributed by atoms with E-state index in [1.807, 2.05) is 24.3 Å². The Morgan fingerprint density at radius 3 is 1.82 bits per heavy atom. The van der Waals surface area contributed by atoms with E-state index in [0.717, 1.165) is 49.0 Å². The van der Waals surface area contributed by atoms with Crippen LogP contribution in [0.4, 0.5) is 0 Å². The number of hydrogen-bond donors (Lipinski definition) is 0. The normalized spacial score (nSPS) is 13.2. The molecule has 1 aromatic carbocycles. The molecule has 0 amide bonds. The van der Waals surface area contributed by atoms with E-state index in [-0.39, 0.29) is 0 Å². The fraction of sp³-hybridized carbons (Fsp3) is 0.655. The number of benzene rings is 1. The van der Waals surface area contributed by atoms with Crippen LogP contribution in [0.1, 0.15) is 103 Å². The van der Waals surface area contributed by atoms with E-state index in [4.69, 9.17) is 9.47 Å². The van der Waals surface area contributed by atoms with Crippen molar-refractivity contribution in [3.05, 3.63) is 36.7 Å². The fourth-order valence-electron chi connectivity index (χ4n) is 4.15. The van der Waals surface area contributed by atoms with Gasteiger partial charge in [-0.25, -0.2) is 9.97 Å². The van der Waals surface area contributed by atoms with Crippen LogP contribution in [0.3, 0.4) is 0 Å². The molecule has 1 fully saturated rings. The van der Waals surface area contributed by atoms with Crippen molar-refractivity contribution < 1.29 is 9.47 Å². The van der Waals surface area contributed by atoms with E-state index in [0.29, 0.717) is 5.82 Å². The zero-order valence-corrected chi connectivity index (χ0v) is 20.8. The second-order valence-electron chi connectivity index (χ2n) is 9.58. The van der Waals surface area contributed by atoms with E-state index < -0.39 is 0 Å². The minimum absolute atomic E-state index is 0.717. The van der Waals surface area contributed by atoms with Crippen molar-refractivity contribution in [1.82, 2.24) is 9.97 Å². The molecule has 3 rings (SSSR count). The largest absolute Gasteiger partial charge is 0.494 e. The fourth-order valence-corrected chi connectivity index (χ4v) is 4.15. The maximum absolute atomic E-state index is 5.91. The molecule has 0 radical (unpaired) electrons. The smallest absolute Gasteiger partial charge is 0.159 e. The Bertz CT molecular complexity index is 741. The quantitative estimate of drug-likeness (QED) is 0.201. The van der Waals surface area contributed by atoms with Gasteiger partial charge in [-0.15, -0.1) is 0 Å². The molecule has 1 saturated carbocycles. The maximum Gasteiger partial charge on any atom is 0.159 e. The number of nitrogens with zero attached hydrogens (tertiary/aromatic N) is 2. The molecular formula is C29H44N2O2. The Morgan fingerprint density at radius 1 is 0.667 bits per heavy atom. The summed E-state index contributed by atoms with van der Waals surface area (Å²) in [5.74, 6) is 3.47. The van der Waals surface area contributed by atoms with Crippen molar-refractivity contribution in [2.75, 3.05) is 13.2 Å². The van der Waals surface area contributed by atoms with Gasteiger partial charge in [0.15, 0.2) is 11.6 Å². The monoisotopic (exact) mass is 452 g/mol. The lowest BCUT2D eigenvalue weighted by Gasteiger charge is -2.08. The van der Waals surface area contributed by atoms with Crippen LogP contribution in [0.25, 0.3) is 11.4 Å². The molecule has 182 valence electrons. The third-order valence-corrected chi connectivity index (χ3v) is 6.48. The molecule has 1 aliphatic carbocycles. The van der Waals surface area contributed by atoms with Gasteiger partial charge in [0.1, 0.15) is 5.75 Å². The van der Waals surface area contributed by atoms with Crippen molar-refractivity contribution in [1.29, 1.82) is 0 Å². The summed E-state index contributed by atoms with van der Waals surface area (Å²) in [4.78, 5) is 8.93. The number of ether oxygens (including phenoxy) is 2. The first kappa shape index (κ1) is 25.5. The van der Waals surface area contributed by atoms with E-state index in [9.17, 15) is 0 Å². The Kier molecular flexibility index (Phi) is 12.1. The zero-order valence-electron chi connectivity index (χ0n) is 20.8. The minimum Gasteiger partial charge on any atom is -0.494 e. The van der Waals surface area contributed by atoms with Crippen molar-refractivity contribution in [2.45, 2.75) is 103 Å². The van der Waals surface area contributed by atoms with Crippen molar-refractivity contribution in [2.24, 2.45) is 5.92 Å². The summed E-state index contributed by atoms with van der Waals surface area (Å²) in [6, 6.07) is 8.08. The van der Waals surface area contributed by atoms with Gasteiger partial charge in [-0.1, -0.05) is 90.4 Å². The van der Waals surface area contributed by atoms with Gasteiger partial charge in [-0.2, -0.15) is 0 Å². The van der Waals surface area contributed by atoms with Crippen LogP contribution in [0.2, 0.25) is 0 Å². The summed E-state index contributed by atoms with van der Waals surface area (Å²) >= 11 is 0. The Labute approximate surface area is 201 Å². The van der Waals surface area contributed by atoms with Crippen LogP contribution in [-0.4, -0.2) is 23.2 Å². The van der Waals surface area contributed by atoms with Crippen molar-refractivity contribution in [3.8, 4) is 22.9 Å². The summed E-state index contributed by atoms with van der Waals surface area (Å²) in [5.41, 5.74) is 0.996. The van der Waals surface area contributed by atoms with Crippen LogP contribution in [0.15, 0.2) is 36.7 Å². The Hall–Kier alpha value is -2.10. The molecule has 0 bridgehead atoms. The molecule has 0 atom stereocenters. The third kappa shape index (κ3) is 11.0. The second kappa shape index (κ2) is 15.7. The number of unbranched alkanes of at least 4 members (excludes halogenated alkanes) is 10. The highest BCUT2D eigenvalue weighted by molar-refractivity contribution is 5.56. The van der Waals surface area contributed by atoms with Crippen LogP contribution in [0.5, 0.6) is 11.5 Å². The summed E-state index contributed by atoms with van der Waals surface area (Å²) in [6.45, 7) is 3.76. The first-order valence-electron chi connectivity index (χ1n) is 13.5. The average Bonchev–Trinajstić information content (AvgIpc) is 3.68.